The zero-order chi connectivity index (χ0) is 21.2. The normalized spacial score (nSPS) is 13.2. The molecule has 5 nitrogen and oxygen atoms in total. The summed E-state index contributed by atoms with van der Waals surface area (Å²) >= 11 is 0. The zero-order valence-electron chi connectivity index (χ0n) is 15.2. The fourth-order valence-electron chi connectivity index (χ4n) is 2.71. The molecule has 0 spiro atoms. The number of amides is 1. The van der Waals surface area contributed by atoms with Crippen LogP contribution >= 0.6 is 0 Å². The van der Waals surface area contributed by atoms with Gasteiger partial charge in [-0.25, -0.2) is 8.42 Å². The second-order valence-electron chi connectivity index (χ2n) is 6.42. The highest BCUT2D eigenvalue weighted by atomic mass is 32.2. The van der Waals surface area contributed by atoms with Crippen molar-refractivity contribution in [2.45, 2.75) is 24.0 Å². The smallest absolute Gasteiger partial charge is 0.325 e. The lowest BCUT2D eigenvalue weighted by molar-refractivity contribution is -0.137. The summed E-state index contributed by atoms with van der Waals surface area (Å²) in [5.41, 5.74) is -0.999. The minimum Gasteiger partial charge on any atom is -0.325 e. The molecule has 0 saturated heterocycles. The van der Waals surface area contributed by atoms with Crippen LogP contribution in [0.4, 0.5) is 18.9 Å². The van der Waals surface area contributed by atoms with Crippen molar-refractivity contribution < 1.29 is 26.4 Å². The quantitative estimate of drug-likeness (QED) is 0.648. The third-order valence-electron chi connectivity index (χ3n) is 4.21. The van der Waals surface area contributed by atoms with Crippen LogP contribution in [0.25, 0.3) is 10.8 Å². The Kier molecular flexibility index (Phi) is 5.63. The van der Waals surface area contributed by atoms with Gasteiger partial charge in [0.1, 0.15) is 0 Å². The Labute approximate surface area is 165 Å². The van der Waals surface area contributed by atoms with Crippen molar-refractivity contribution in [1.29, 1.82) is 0 Å². The molecule has 0 aromatic heterocycles. The summed E-state index contributed by atoms with van der Waals surface area (Å²) in [5, 5.41) is 3.87. The Hall–Kier alpha value is -2.91. The summed E-state index contributed by atoms with van der Waals surface area (Å²) < 4.78 is 65.8. The van der Waals surface area contributed by atoms with Crippen molar-refractivity contribution in [3.8, 4) is 0 Å². The average molecular weight is 422 g/mol. The largest absolute Gasteiger partial charge is 0.416 e. The third kappa shape index (κ3) is 4.93. The molecule has 152 valence electrons. The Morgan fingerprint density at radius 1 is 0.931 bits per heavy atom. The van der Waals surface area contributed by atoms with Crippen molar-refractivity contribution in [1.82, 2.24) is 4.72 Å². The van der Waals surface area contributed by atoms with E-state index in [0.29, 0.717) is 0 Å². The molecule has 0 aliphatic rings. The number of rotatable bonds is 5. The first kappa shape index (κ1) is 20.8. The van der Waals surface area contributed by atoms with Crippen LogP contribution in [0.3, 0.4) is 0 Å². The second kappa shape index (κ2) is 7.84. The number of fused-ring (bicyclic) bond motifs is 1. The highest BCUT2D eigenvalue weighted by molar-refractivity contribution is 7.89. The SMILES string of the molecule is C[C@@H](NS(=O)(=O)c1ccc2ccccc2c1)C(=O)Nc1cccc(C(F)(F)F)c1. The molecule has 9 heteroatoms. The maximum atomic E-state index is 12.8. The lowest BCUT2D eigenvalue weighted by Gasteiger charge is -2.15. The first-order valence-corrected chi connectivity index (χ1v) is 10.0. The molecule has 1 atom stereocenters. The number of carbonyl (C=O) groups excluding carboxylic acids is 1. The maximum Gasteiger partial charge on any atom is 0.416 e. The van der Waals surface area contributed by atoms with E-state index in [2.05, 4.69) is 10.0 Å². The summed E-state index contributed by atoms with van der Waals surface area (Å²) in [7, 11) is -4.01. The second-order valence-corrected chi connectivity index (χ2v) is 8.13. The van der Waals surface area contributed by atoms with Crippen molar-refractivity contribution in [2.75, 3.05) is 5.32 Å². The van der Waals surface area contributed by atoms with Crippen molar-refractivity contribution in [3.63, 3.8) is 0 Å². The number of hydrogen-bond acceptors (Lipinski definition) is 3. The molecular weight excluding hydrogens is 405 g/mol. The van der Waals surface area contributed by atoms with E-state index in [1.165, 1.54) is 25.1 Å². The zero-order valence-corrected chi connectivity index (χ0v) is 16.0. The van der Waals surface area contributed by atoms with Gasteiger partial charge in [-0.3, -0.25) is 4.79 Å². The van der Waals surface area contributed by atoms with Crippen LogP contribution < -0.4 is 10.0 Å². The molecule has 1 amide bonds. The number of nitrogens with one attached hydrogen (secondary N) is 2. The minimum absolute atomic E-state index is 0.0186. The van der Waals surface area contributed by atoms with Crippen LogP contribution in [-0.2, 0) is 21.0 Å². The van der Waals surface area contributed by atoms with Crippen LogP contribution in [0.2, 0.25) is 0 Å². The summed E-state index contributed by atoms with van der Waals surface area (Å²) in [6, 6.07) is 14.6. The Morgan fingerprint density at radius 3 is 2.31 bits per heavy atom. The standard InChI is InChI=1S/C20H17F3N2O3S/c1-13(19(26)24-17-8-4-7-16(12-17)20(21,22)23)25-29(27,28)18-10-9-14-5-2-3-6-15(14)11-18/h2-13,25H,1H3,(H,24,26)/t13-/m1/s1. The van der Waals surface area contributed by atoms with E-state index in [4.69, 9.17) is 0 Å². The van der Waals surface area contributed by atoms with E-state index in [-0.39, 0.29) is 10.6 Å². The van der Waals surface area contributed by atoms with Crippen molar-refractivity contribution in [3.05, 3.63) is 72.3 Å². The summed E-state index contributed by atoms with van der Waals surface area (Å²) in [6.45, 7) is 1.31. The topological polar surface area (TPSA) is 75.3 Å². The number of halogens is 3. The minimum atomic E-state index is -4.55. The van der Waals surface area contributed by atoms with Crippen molar-refractivity contribution in [2.24, 2.45) is 0 Å². The van der Waals surface area contributed by atoms with Gasteiger partial charge in [-0.1, -0.05) is 36.4 Å². The average Bonchev–Trinajstić information content (AvgIpc) is 2.66. The summed E-state index contributed by atoms with van der Waals surface area (Å²) in [5.74, 6) is -0.784. The Balaban J connectivity index is 1.74. The predicted octanol–water partition coefficient (Wildman–Crippen LogP) is 4.16. The molecule has 3 aromatic carbocycles. The van der Waals surface area contributed by atoms with Gasteiger partial charge in [0.05, 0.1) is 16.5 Å². The first-order chi connectivity index (χ1) is 13.6. The molecule has 0 fully saturated rings. The van der Waals surface area contributed by atoms with E-state index < -0.39 is 33.7 Å². The lowest BCUT2D eigenvalue weighted by atomic mass is 10.1. The molecule has 0 aliphatic heterocycles. The van der Waals surface area contributed by atoms with Gasteiger partial charge < -0.3 is 5.32 Å². The number of alkyl halides is 3. The van der Waals surface area contributed by atoms with Gasteiger partial charge in [0.25, 0.3) is 0 Å². The van der Waals surface area contributed by atoms with Gasteiger partial charge in [-0.2, -0.15) is 17.9 Å². The highest BCUT2D eigenvalue weighted by Crippen LogP contribution is 2.30. The fourth-order valence-corrected chi connectivity index (χ4v) is 3.95. The van der Waals surface area contributed by atoms with Crippen LogP contribution in [0.5, 0.6) is 0 Å². The van der Waals surface area contributed by atoms with E-state index in [1.807, 2.05) is 12.1 Å². The van der Waals surface area contributed by atoms with Gasteiger partial charge >= 0.3 is 6.18 Å². The number of carbonyl (C=O) groups is 1. The predicted molar refractivity (Wildman–Crippen MR) is 104 cm³/mol. The number of sulfonamides is 1. The Morgan fingerprint density at radius 2 is 1.62 bits per heavy atom. The molecule has 0 bridgehead atoms. The molecule has 29 heavy (non-hydrogen) atoms. The maximum absolute atomic E-state index is 12.8. The van der Waals surface area contributed by atoms with Crippen LogP contribution in [0.15, 0.2) is 71.6 Å². The van der Waals surface area contributed by atoms with Crippen molar-refractivity contribution >= 4 is 32.4 Å². The first-order valence-electron chi connectivity index (χ1n) is 8.55. The van der Waals surface area contributed by atoms with Crippen LogP contribution in [-0.4, -0.2) is 20.4 Å². The molecule has 3 aromatic rings. The lowest BCUT2D eigenvalue weighted by Crippen LogP contribution is -2.41. The molecule has 0 saturated carbocycles. The monoisotopic (exact) mass is 422 g/mol. The van der Waals surface area contributed by atoms with E-state index in [9.17, 15) is 26.4 Å². The summed E-state index contributed by atoms with van der Waals surface area (Å²) in [6.07, 6.45) is -4.55. The van der Waals surface area contributed by atoms with E-state index >= 15 is 0 Å². The number of hydrogen-bond donors (Lipinski definition) is 2. The molecule has 0 heterocycles. The van der Waals surface area contributed by atoms with Crippen LogP contribution in [0.1, 0.15) is 12.5 Å². The number of benzene rings is 3. The van der Waals surface area contributed by atoms with Gasteiger partial charge in [0.2, 0.25) is 15.9 Å². The summed E-state index contributed by atoms with van der Waals surface area (Å²) in [4.78, 5) is 12.3. The molecule has 0 radical (unpaired) electrons. The van der Waals surface area contributed by atoms with E-state index in [1.54, 1.807) is 18.2 Å². The molecular formula is C20H17F3N2O3S. The molecule has 3 rings (SSSR count). The molecule has 0 unspecified atom stereocenters. The third-order valence-corrected chi connectivity index (χ3v) is 5.75. The van der Waals surface area contributed by atoms with Gasteiger partial charge in [-0.05, 0) is 48.0 Å². The van der Waals surface area contributed by atoms with Gasteiger partial charge in [-0.15, -0.1) is 0 Å². The number of anilines is 1. The Bertz CT molecular complexity index is 1160. The highest BCUT2D eigenvalue weighted by Gasteiger charge is 2.30. The van der Waals surface area contributed by atoms with Crippen LogP contribution in [0, 0.1) is 0 Å². The molecule has 0 aliphatic carbocycles. The van der Waals surface area contributed by atoms with Gasteiger partial charge in [0.15, 0.2) is 0 Å². The molecule has 2 N–H and O–H groups in total. The van der Waals surface area contributed by atoms with Gasteiger partial charge in [0, 0.05) is 5.69 Å². The van der Waals surface area contributed by atoms with E-state index in [0.717, 1.165) is 29.0 Å². The fraction of sp³-hybridized carbons (Fsp3) is 0.150.